The molecule has 3 aliphatic rings. The minimum Gasteiger partial charge on any atom is -0.298 e. The molecule has 3 heteroatoms. The van der Waals surface area contributed by atoms with Crippen molar-refractivity contribution in [1.29, 1.82) is 0 Å². The lowest BCUT2D eigenvalue weighted by molar-refractivity contribution is -0.163. The highest BCUT2D eigenvalue weighted by Gasteiger charge is 2.61. The Hall–Kier alpha value is -0.990. The monoisotopic (exact) mass is 262 g/mol. The summed E-state index contributed by atoms with van der Waals surface area (Å²) in [6.45, 7) is 0. The Morgan fingerprint density at radius 1 is 0.579 bits per heavy atom. The second-order valence-corrected chi connectivity index (χ2v) is 6.64. The maximum absolute atomic E-state index is 13.1. The highest BCUT2D eigenvalue weighted by atomic mass is 16.2. The Balaban J connectivity index is 2.00. The van der Waals surface area contributed by atoms with Crippen LogP contribution in [0, 0.1) is 10.8 Å². The average molecular weight is 262 g/mol. The standard InChI is InChI=1S/C16H22O3/c17-12-11-13(18)16(9-5-2-6-10-16)14(19)15(12)7-3-1-4-8-15/h1-11H2. The molecule has 0 amide bonds. The van der Waals surface area contributed by atoms with Crippen molar-refractivity contribution in [3.8, 4) is 0 Å². The van der Waals surface area contributed by atoms with E-state index in [0.29, 0.717) is 25.7 Å². The molecule has 3 nitrogen and oxygen atoms in total. The molecule has 0 aliphatic heterocycles. The fourth-order valence-corrected chi connectivity index (χ4v) is 4.52. The zero-order valence-corrected chi connectivity index (χ0v) is 11.5. The van der Waals surface area contributed by atoms with Crippen LogP contribution in [0.2, 0.25) is 0 Å². The normalized spacial score (nSPS) is 30.0. The predicted molar refractivity (Wildman–Crippen MR) is 70.7 cm³/mol. The van der Waals surface area contributed by atoms with E-state index in [1.165, 1.54) is 0 Å². The van der Waals surface area contributed by atoms with Crippen LogP contribution in [0.25, 0.3) is 0 Å². The van der Waals surface area contributed by atoms with Crippen molar-refractivity contribution in [1.82, 2.24) is 0 Å². The lowest BCUT2D eigenvalue weighted by Crippen LogP contribution is -2.58. The van der Waals surface area contributed by atoms with Gasteiger partial charge in [-0.3, -0.25) is 14.4 Å². The Morgan fingerprint density at radius 2 is 0.947 bits per heavy atom. The quantitative estimate of drug-likeness (QED) is 0.631. The molecule has 3 fully saturated rings. The topological polar surface area (TPSA) is 51.2 Å². The largest absolute Gasteiger partial charge is 0.298 e. The molecule has 104 valence electrons. The molecule has 0 radical (unpaired) electrons. The Bertz CT molecular complexity index is 385. The van der Waals surface area contributed by atoms with Crippen LogP contribution >= 0.6 is 0 Å². The summed E-state index contributed by atoms with van der Waals surface area (Å²) in [4.78, 5) is 37.8. The first-order valence-corrected chi connectivity index (χ1v) is 7.73. The highest BCUT2D eigenvalue weighted by Crippen LogP contribution is 2.52. The first-order chi connectivity index (χ1) is 9.12. The maximum Gasteiger partial charge on any atom is 0.159 e. The van der Waals surface area contributed by atoms with E-state index in [4.69, 9.17) is 0 Å². The Labute approximate surface area is 114 Å². The molecule has 0 aromatic carbocycles. The Kier molecular flexibility index (Phi) is 3.11. The predicted octanol–water partition coefficient (Wildman–Crippen LogP) is 3.00. The van der Waals surface area contributed by atoms with Crippen LogP contribution in [-0.2, 0) is 14.4 Å². The first-order valence-electron chi connectivity index (χ1n) is 7.73. The van der Waals surface area contributed by atoms with Crippen LogP contribution in [0.4, 0.5) is 0 Å². The van der Waals surface area contributed by atoms with Crippen molar-refractivity contribution in [2.24, 2.45) is 10.8 Å². The molecule has 0 heterocycles. The van der Waals surface area contributed by atoms with Crippen molar-refractivity contribution in [2.45, 2.75) is 70.6 Å². The Morgan fingerprint density at radius 3 is 1.32 bits per heavy atom. The van der Waals surface area contributed by atoms with Gasteiger partial charge in [0.15, 0.2) is 17.3 Å². The number of hydrogen-bond donors (Lipinski definition) is 0. The molecule has 0 aromatic rings. The van der Waals surface area contributed by atoms with Crippen LogP contribution in [0.15, 0.2) is 0 Å². The molecule has 2 spiro atoms. The lowest BCUT2D eigenvalue weighted by Gasteiger charge is -2.47. The number of Topliss-reactive ketones (excluding diaryl/α,β-unsaturated/α-hetero) is 3. The first kappa shape index (κ1) is 13.0. The molecule has 0 atom stereocenters. The molecule has 3 aliphatic carbocycles. The van der Waals surface area contributed by atoms with Crippen molar-refractivity contribution < 1.29 is 14.4 Å². The number of ketones is 3. The van der Waals surface area contributed by atoms with Crippen LogP contribution < -0.4 is 0 Å². The van der Waals surface area contributed by atoms with Crippen molar-refractivity contribution in [3.05, 3.63) is 0 Å². The molecule has 3 saturated carbocycles. The van der Waals surface area contributed by atoms with E-state index < -0.39 is 10.8 Å². The number of carbonyl (C=O) groups is 3. The molecular weight excluding hydrogens is 240 g/mol. The van der Waals surface area contributed by atoms with Gasteiger partial charge in [0.05, 0.1) is 17.3 Å². The van der Waals surface area contributed by atoms with Gasteiger partial charge in [-0.2, -0.15) is 0 Å². The maximum atomic E-state index is 13.1. The summed E-state index contributed by atoms with van der Waals surface area (Å²) >= 11 is 0. The second-order valence-electron chi connectivity index (χ2n) is 6.64. The summed E-state index contributed by atoms with van der Waals surface area (Å²) in [7, 11) is 0. The van der Waals surface area contributed by atoms with E-state index in [0.717, 1.165) is 38.5 Å². The third-order valence-corrected chi connectivity index (χ3v) is 5.67. The number of carbonyl (C=O) groups excluding carboxylic acids is 3. The van der Waals surface area contributed by atoms with Crippen LogP contribution in [0.1, 0.15) is 70.6 Å². The van der Waals surface area contributed by atoms with Gasteiger partial charge in [0.1, 0.15) is 0 Å². The summed E-state index contributed by atoms with van der Waals surface area (Å²) in [5.41, 5.74) is -1.55. The third kappa shape index (κ3) is 1.73. The molecule has 0 aromatic heterocycles. The molecule has 0 saturated heterocycles. The van der Waals surface area contributed by atoms with Gasteiger partial charge in [0.25, 0.3) is 0 Å². The zero-order valence-electron chi connectivity index (χ0n) is 11.5. The highest BCUT2D eigenvalue weighted by molar-refractivity contribution is 6.27. The van der Waals surface area contributed by atoms with E-state index in [1.54, 1.807) is 0 Å². The van der Waals surface area contributed by atoms with Gasteiger partial charge in [-0.1, -0.05) is 38.5 Å². The average Bonchev–Trinajstić information content (AvgIpc) is 2.46. The van der Waals surface area contributed by atoms with E-state index in [-0.39, 0.29) is 23.8 Å². The van der Waals surface area contributed by atoms with Gasteiger partial charge in [0, 0.05) is 0 Å². The van der Waals surface area contributed by atoms with Crippen molar-refractivity contribution in [3.63, 3.8) is 0 Å². The molecule has 0 bridgehead atoms. The summed E-state index contributed by atoms with van der Waals surface area (Å²) in [5.74, 6) is -0.127. The fraction of sp³-hybridized carbons (Fsp3) is 0.812. The van der Waals surface area contributed by atoms with Crippen molar-refractivity contribution in [2.75, 3.05) is 0 Å². The minimum atomic E-state index is -0.774. The summed E-state index contributed by atoms with van der Waals surface area (Å²) in [5, 5.41) is 0. The second kappa shape index (κ2) is 4.53. The molecule has 3 rings (SSSR count). The van der Waals surface area contributed by atoms with Crippen LogP contribution in [0.3, 0.4) is 0 Å². The number of hydrogen-bond acceptors (Lipinski definition) is 3. The lowest BCUT2D eigenvalue weighted by atomic mass is 9.52. The van der Waals surface area contributed by atoms with Gasteiger partial charge in [-0.15, -0.1) is 0 Å². The third-order valence-electron chi connectivity index (χ3n) is 5.67. The van der Waals surface area contributed by atoms with Crippen molar-refractivity contribution >= 4 is 17.3 Å². The van der Waals surface area contributed by atoms with Gasteiger partial charge in [-0.25, -0.2) is 0 Å². The van der Waals surface area contributed by atoms with E-state index in [9.17, 15) is 14.4 Å². The van der Waals surface area contributed by atoms with E-state index in [2.05, 4.69) is 0 Å². The van der Waals surface area contributed by atoms with E-state index in [1.807, 2.05) is 0 Å². The summed E-state index contributed by atoms with van der Waals surface area (Å²) in [6, 6.07) is 0. The molecular formula is C16H22O3. The summed E-state index contributed by atoms with van der Waals surface area (Å²) < 4.78 is 0. The SMILES string of the molecule is O=C1CC(=O)C2(CCCCC2)C(=O)C12CCCCC2. The van der Waals surface area contributed by atoms with Gasteiger partial charge in [-0.05, 0) is 25.7 Å². The fourth-order valence-electron chi connectivity index (χ4n) is 4.52. The van der Waals surface area contributed by atoms with Crippen LogP contribution in [0.5, 0.6) is 0 Å². The van der Waals surface area contributed by atoms with Gasteiger partial charge >= 0.3 is 0 Å². The molecule has 19 heavy (non-hydrogen) atoms. The van der Waals surface area contributed by atoms with Gasteiger partial charge < -0.3 is 0 Å². The number of rotatable bonds is 0. The smallest absolute Gasteiger partial charge is 0.159 e. The van der Waals surface area contributed by atoms with Crippen LogP contribution in [-0.4, -0.2) is 17.3 Å². The van der Waals surface area contributed by atoms with E-state index >= 15 is 0 Å². The summed E-state index contributed by atoms with van der Waals surface area (Å²) in [6.07, 6.45) is 8.87. The minimum absolute atomic E-state index is 0.0145. The molecule has 0 N–H and O–H groups in total. The zero-order chi connectivity index (χ0) is 13.5. The molecule has 0 unspecified atom stereocenters. The van der Waals surface area contributed by atoms with Gasteiger partial charge in [0.2, 0.25) is 0 Å².